The average Bonchev–Trinajstić information content (AvgIpc) is 2.17. The van der Waals surface area contributed by atoms with Gasteiger partial charge >= 0.3 is 0 Å². The molecule has 0 aliphatic heterocycles. The minimum Gasteiger partial charge on any atom is -0.393 e. The van der Waals surface area contributed by atoms with Gasteiger partial charge in [0.05, 0.1) is 12.2 Å². The minimum atomic E-state index is -0.216. The summed E-state index contributed by atoms with van der Waals surface area (Å²) < 4.78 is 5.88. The first-order valence-corrected chi connectivity index (χ1v) is 7.93. The largest absolute Gasteiger partial charge is 0.393 e. The Hall–Kier alpha value is -0.120. The van der Waals surface area contributed by atoms with Crippen molar-refractivity contribution in [1.82, 2.24) is 5.32 Å². The number of nitrogens with one attached hydrogen (secondary N) is 1. The highest BCUT2D eigenvalue weighted by Crippen LogP contribution is 2.57. The van der Waals surface area contributed by atoms with Gasteiger partial charge < -0.3 is 15.2 Å². The summed E-state index contributed by atoms with van der Waals surface area (Å²) >= 11 is 0. The highest BCUT2D eigenvalue weighted by Gasteiger charge is 2.58. The van der Waals surface area contributed by atoms with Crippen molar-refractivity contribution in [3.63, 3.8) is 0 Å². The fraction of sp³-hybridized carbons (Fsp3) is 1.00. The predicted molar refractivity (Wildman–Crippen MR) is 78.2 cm³/mol. The number of hydrogen-bond donors (Lipinski definition) is 2. The van der Waals surface area contributed by atoms with Crippen LogP contribution in [0.3, 0.4) is 0 Å². The lowest BCUT2D eigenvalue weighted by molar-refractivity contribution is -0.173. The zero-order chi connectivity index (χ0) is 14.1. The Morgan fingerprint density at radius 3 is 2.58 bits per heavy atom. The second-order valence-corrected chi connectivity index (χ2v) is 7.42. The Bertz CT molecular complexity index is 297. The van der Waals surface area contributed by atoms with Crippen molar-refractivity contribution in [2.24, 2.45) is 10.8 Å². The SMILES string of the molecule is CCOC1CC(NCC(C)(C)CC(C)O)C12CCC2. The van der Waals surface area contributed by atoms with Gasteiger partial charge in [-0.15, -0.1) is 0 Å². The van der Waals surface area contributed by atoms with Crippen LogP contribution < -0.4 is 5.32 Å². The molecule has 3 heteroatoms. The fourth-order valence-electron chi connectivity index (χ4n) is 4.00. The Morgan fingerprint density at radius 1 is 1.42 bits per heavy atom. The van der Waals surface area contributed by atoms with Crippen molar-refractivity contribution in [2.75, 3.05) is 13.2 Å². The molecule has 2 rings (SSSR count). The maximum atomic E-state index is 9.55. The molecule has 19 heavy (non-hydrogen) atoms. The van der Waals surface area contributed by atoms with E-state index >= 15 is 0 Å². The maximum absolute atomic E-state index is 9.55. The van der Waals surface area contributed by atoms with Gasteiger partial charge in [0.2, 0.25) is 0 Å². The average molecular weight is 269 g/mol. The van der Waals surface area contributed by atoms with E-state index in [1.54, 1.807) is 0 Å². The van der Waals surface area contributed by atoms with Crippen molar-refractivity contribution < 1.29 is 9.84 Å². The summed E-state index contributed by atoms with van der Waals surface area (Å²) in [5.74, 6) is 0. The van der Waals surface area contributed by atoms with Crippen LogP contribution in [0.2, 0.25) is 0 Å². The Kier molecular flexibility index (Phi) is 4.59. The molecule has 0 heterocycles. The van der Waals surface area contributed by atoms with E-state index in [1.165, 1.54) is 25.7 Å². The first-order chi connectivity index (χ1) is 8.89. The Labute approximate surface area is 118 Å². The van der Waals surface area contributed by atoms with Gasteiger partial charge in [-0.2, -0.15) is 0 Å². The highest BCUT2D eigenvalue weighted by atomic mass is 16.5. The number of aliphatic hydroxyl groups is 1. The van der Waals surface area contributed by atoms with E-state index < -0.39 is 0 Å². The summed E-state index contributed by atoms with van der Waals surface area (Å²) in [7, 11) is 0. The molecular weight excluding hydrogens is 238 g/mol. The monoisotopic (exact) mass is 269 g/mol. The van der Waals surface area contributed by atoms with E-state index in [-0.39, 0.29) is 11.5 Å². The standard InChI is InChI=1S/C16H31NO2/c1-5-19-14-9-13(16(14)7-6-8-16)17-11-15(3,4)10-12(2)18/h12-14,17-18H,5-11H2,1-4H3. The molecule has 2 N–H and O–H groups in total. The van der Waals surface area contributed by atoms with Crippen LogP contribution >= 0.6 is 0 Å². The lowest BCUT2D eigenvalue weighted by Gasteiger charge is -2.61. The molecule has 0 aromatic rings. The van der Waals surface area contributed by atoms with Gasteiger partial charge in [-0.3, -0.25) is 0 Å². The summed E-state index contributed by atoms with van der Waals surface area (Å²) in [4.78, 5) is 0. The molecule has 0 amide bonds. The van der Waals surface area contributed by atoms with Crippen molar-refractivity contribution in [3.8, 4) is 0 Å². The third-order valence-corrected chi connectivity index (χ3v) is 5.11. The Balaban J connectivity index is 1.81. The van der Waals surface area contributed by atoms with Crippen LogP contribution in [0.5, 0.6) is 0 Å². The molecule has 0 radical (unpaired) electrons. The predicted octanol–water partition coefficient (Wildman–Crippen LogP) is 2.72. The van der Waals surface area contributed by atoms with Crippen molar-refractivity contribution in [3.05, 3.63) is 0 Å². The lowest BCUT2D eigenvalue weighted by atomic mass is 9.51. The summed E-state index contributed by atoms with van der Waals surface area (Å²) in [6, 6.07) is 0.631. The van der Waals surface area contributed by atoms with Crippen molar-refractivity contribution in [2.45, 2.75) is 78.0 Å². The summed E-state index contributed by atoms with van der Waals surface area (Å²) in [5, 5.41) is 13.3. The number of aliphatic hydroxyl groups excluding tert-OH is 1. The maximum Gasteiger partial charge on any atom is 0.0661 e. The van der Waals surface area contributed by atoms with Crippen molar-refractivity contribution in [1.29, 1.82) is 0 Å². The zero-order valence-electron chi connectivity index (χ0n) is 13.0. The molecule has 2 fully saturated rings. The van der Waals surface area contributed by atoms with Crippen molar-refractivity contribution >= 4 is 0 Å². The second kappa shape index (κ2) is 5.71. The normalized spacial score (nSPS) is 30.8. The molecule has 3 nitrogen and oxygen atoms in total. The van der Waals surface area contributed by atoms with Gasteiger partial charge in [-0.1, -0.05) is 20.3 Å². The molecular formula is C16H31NO2. The quantitative estimate of drug-likeness (QED) is 0.746. The van der Waals surface area contributed by atoms with E-state index in [4.69, 9.17) is 4.74 Å². The molecule has 1 spiro atoms. The fourth-order valence-corrected chi connectivity index (χ4v) is 4.00. The number of hydrogen-bond acceptors (Lipinski definition) is 3. The molecule has 0 bridgehead atoms. The molecule has 0 aromatic heterocycles. The molecule has 2 aliphatic carbocycles. The summed E-state index contributed by atoms with van der Waals surface area (Å²) in [5.41, 5.74) is 0.604. The molecule has 2 saturated carbocycles. The second-order valence-electron chi connectivity index (χ2n) is 7.42. The van der Waals surface area contributed by atoms with Crippen LogP contribution in [0.25, 0.3) is 0 Å². The van der Waals surface area contributed by atoms with Crippen LogP contribution in [0.4, 0.5) is 0 Å². The van der Waals surface area contributed by atoms with Gasteiger partial charge in [-0.25, -0.2) is 0 Å². The highest BCUT2D eigenvalue weighted by molar-refractivity contribution is 5.12. The third-order valence-electron chi connectivity index (χ3n) is 5.11. The minimum absolute atomic E-state index is 0.163. The van der Waals surface area contributed by atoms with E-state index in [2.05, 4.69) is 26.1 Å². The zero-order valence-corrected chi connectivity index (χ0v) is 13.0. The Morgan fingerprint density at radius 2 is 2.11 bits per heavy atom. The number of ether oxygens (including phenoxy) is 1. The van der Waals surface area contributed by atoms with Crippen LogP contribution in [0, 0.1) is 10.8 Å². The van der Waals surface area contributed by atoms with Gasteiger partial charge in [0.25, 0.3) is 0 Å². The summed E-state index contributed by atoms with van der Waals surface area (Å²) in [6.07, 6.45) is 6.31. The third kappa shape index (κ3) is 3.14. The van der Waals surface area contributed by atoms with Gasteiger partial charge in [-0.05, 0) is 44.9 Å². The van der Waals surface area contributed by atoms with E-state index in [0.717, 1.165) is 19.6 Å². The summed E-state index contributed by atoms with van der Waals surface area (Å²) in [6.45, 7) is 10.3. The van der Waals surface area contributed by atoms with Crippen LogP contribution in [0.1, 0.15) is 59.8 Å². The van der Waals surface area contributed by atoms with Gasteiger partial charge in [0, 0.05) is 24.6 Å². The first-order valence-electron chi connectivity index (χ1n) is 7.93. The molecule has 2 aliphatic rings. The molecule has 3 unspecified atom stereocenters. The van der Waals surface area contributed by atoms with E-state index in [9.17, 15) is 5.11 Å². The van der Waals surface area contributed by atoms with Gasteiger partial charge in [0.1, 0.15) is 0 Å². The first kappa shape index (κ1) is 15.3. The number of rotatable bonds is 7. The van der Waals surface area contributed by atoms with Crippen LogP contribution in [-0.2, 0) is 4.74 Å². The van der Waals surface area contributed by atoms with E-state index in [0.29, 0.717) is 17.6 Å². The topological polar surface area (TPSA) is 41.5 Å². The smallest absolute Gasteiger partial charge is 0.0661 e. The molecule has 112 valence electrons. The lowest BCUT2D eigenvalue weighted by Crippen LogP contribution is -2.67. The van der Waals surface area contributed by atoms with E-state index in [1.807, 2.05) is 6.92 Å². The van der Waals surface area contributed by atoms with Gasteiger partial charge in [0.15, 0.2) is 0 Å². The molecule has 0 saturated heterocycles. The molecule has 3 atom stereocenters. The molecule has 0 aromatic carbocycles. The van der Waals surface area contributed by atoms with Crippen LogP contribution in [-0.4, -0.2) is 36.5 Å². The van der Waals surface area contributed by atoms with Crippen LogP contribution in [0.15, 0.2) is 0 Å².